The second-order valence-electron chi connectivity index (χ2n) is 9.92. The summed E-state index contributed by atoms with van der Waals surface area (Å²) >= 11 is 0. The first-order chi connectivity index (χ1) is 14.7. The van der Waals surface area contributed by atoms with E-state index in [1.54, 1.807) is 6.92 Å². The van der Waals surface area contributed by atoms with Crippen LogP contribution in [0.15, 0.2) is 16.3 Å². The number of rotatable bonds is 8. The van der Waals surface area contributed by atoms with E-state index in [-0.39, 0.29) is 41.5 Å². The Labute approximate surface area is 186 Å². The average Bonchev–Trinajstić information content (AvgIpc) is 2.70. The van der Waals surface area contributed by atoms with Crippen LogP contribution in [0.2, 0.25) is 0 Å². The minimum Gasteiger partial charge on any atom is -0.463 e. The number of fused-ring (bicyclic) bond motifs is 1. The van der Waals surface area contributed by atoms with Crippen molar-refractivity contribution in [2.75, 3.05) is 52.7 Å². The molecular formula is C24H38N2O5. The van der Waals surface area contributed by atoms with Gasteiger partial charge in [-0.1, -0.05) is 27.7 Å². The Kier molecular flexibility index (Phi) is 8.05. The minimum absolute atomic E-state index is 0.113. The molecule has 2 fully saturated rings. The lowest BCUT2D eigenvalue weighted by Gasteiger charge is -2.42. The first-order valence-electron chi connectivity index (χ1n) is 11.6. The van der Waals surface area contributed by atoms with Gasteiger partial charge in [-0.2, -0.15) is 0 Å². The molecule has 1 saturated carbocycles. The molecule has 3 aliphatic rings. The molecule has 0 aromatic rings. The molecule has 2 atom stereocenters. The summed E-state index contributed by atoms with van der Waals surface area (Å²) in [5, 5.41) is 0. The van der Waals surface area contributed by atoms with Crippen molar-refractivity contribution in [3.05, 3.63) is 11.3 Å². The zero-order valence-corrected chi connectivity index (χ0v) is 19.7. The van der Waals surface area contributed by atoms with Crippen molar-refractivity contribution in [2.24, 2.45) is 28.2 Å². The maximum absolute atomic E-state index is 13.1. The van der Waals surface area contributed by atoms with Crippen LogP contribution >= 0.6 is 0 Å². The van der Waals surface area contributed by atoms with Crippen molar-refractivity contribution in [3.63, 3.8) is 0 Å². The third-order valence-electron chi connectivity index (χ3n) is 6.41. The first-order valence-corrected chi connectivity index (χ1v) is 11.6. The summed E-state index contributed by atoms with van der Waals surface area (Å²) < 4.78 is 16.8. The molecule has 174 valence electrons. The second-order valence-corrected chi connectivity index (χ2v) is 9.92. The molecule has 2 unspecified atom stereocenters. The zero-order chi connectivity index (χ0) is 22.6. The van der Waals surface area contributed by atoms with Crippen LogP contribution in [0.4, 0.5) is 0 Å². The monoisotopic (exact) mass is 434 g/mol. The van der Waals surface area contributed by atoms with Crippen LogP contribution in [0.25, 0.3) is 0 Å². The second kappa shape index (κ2) is 10.4. The van der Waals surface area contributed by atoms with Gasteiger partial charge in [0.15, 0.2) is 0 Å². The van der Waals surface area contributed by atoms with Gasteiger partial charge in [0.05, 0.1) is 50.2 Å². The Hall–Kier alpha value is -1.57. The fraction of sp³-hybridized carbons (Fsp3) is 0.792. The first kappa shape index (κ1) is 24.1. The number of nitrogens with zero attached hydrogens (tertiary/aromatic N) is 2. The summed E-state index contributed by atoms with van der Waals surface area (Å²) in [6.07, 6.45) is 1.28. The van der Waals surface area contributed by atoms with Gasteiger partial charge in [0.25, 0.3) is 0 Å². The molecule has 0 aromatic carbocycles. The highest BCUT2D eigenvalue weighted by Crippen LogP contribution is 2.45. The lowest BCUT2D eigenvalue weighted by Crippen LogP contribution is -2.47. The Morgan fingerprint density at radius 1 is 1.26 bits per heavy atom. The fourth-order valence-corrected chi connectivity index (χ4v) is 5.02. The van der Waals surface area contributed by atoms with Gasteiger partial charge >= 0.3 is 5.97 Å². The number of carbonyl (C=O) groups excluding carboxylic acids is 2. The predicted molar refractivity (Wildman–Crippen MR) is 119 cm³/mol. The van der Waals surface area contributed by atoms with Crippen LogP contribution in [0, 0.1) is 23.2 Å². The van der Waals surface area contributed by atoms with Gasteiger partial charge in [-0.05, 0) is 24.7 Å². The van der Waals surface area contributed by atoms with Crippen molar-refractivity contribution in [2.45, 2.75) is 47.5 Å². The Balaban J connectivity index is 1.83. The van der Waals surface area contributed by atoms with Crippen LogP contribution in [0.1, 0.15) is 47.5 Å². The predicted octanol–water partition coefficient (Wildman–Crippen LogP) is 2.88. The van der Waals surface area contributed by atoms with Crippen LogP contribution in [-0.4, -0.2) is 75.0 Å². The van der Waals surface area contributed by atoms with E-state index in [1.807, 2.05) is 0 Å². The number of hydrogen-bond donors (Lipinski definition) is 0. The molecule has 0 N–H and O–H groups in total. The van der Waals surface area contributed by atoms with Crippen molar-refractivity contribution in [1.29, 1.82) is 0 Å². The maximum Gasteiger partial charge on any atom is 0.336 e. The molecular weight excluding hydrogens is 396 g/mol. The van der Waals surface area contributed by atoms with Gasteiger partial charge in [-0.15, -0.1) is 0 Å². The van der Waals surface area contributed by atoms with E-state index in [2.05, 4.69) is 32.6 Å². The minimum atomic E-state index is -0.367. The molecule has 0 amide bonds. The number of hydrogen-bond acceptors (Lipinski definition) is 7. The Bertz CT molecular complexity index is 734. The lowest BCUT2D eigenvalue weighted by atomic mass is 9.62. The van der Waals surface area contributed by atoms with E-state index in [4.69, 9.17) is 19.2 Å². The molecule has 1 saturated heterocycles. The summed E-state index contributed by atoms with van der Waals surface area (Å²) in [4.78, 5) is 33.3. The SMILES string of the molecule is CCOC(=O)C1=C(COCCN2CCOCC2)N=C2CC(C)(C)CC(=O)C2C1C(C)C. The fourth-order valence-electron chi connectivity index (χ4n) is 5.02. The highest BCUT2D eigenvalue weighted by atomic mass is 16.5. The molecule has 2 aliphatic heterocycles. The molecule has 7 nitrogen and oxygen atoms in total. The number of Topliss-reactive ketones (excluding diaryl/α,β-unsaturated/α-hetero) is 1. The average molecular weight is 435 g/mol. The standard InChI is InChI=1S/C24H38N2O5/c1-6-31-23(28)22-18(15-30-12-9-26-7-10-29-11-8-26)25-17-13-24(4,5)14-19(27)21(17)20(22)16(2)3/h16,20-21H,6-15H2,1-5H3. The number of morpholine rings is 1. The summed E-state index contributed by atoms with van der Waals surface area (Å²) in [6.45, 7) is 15.4. The van der Waals surface area contributed by atoms with Crippen LogP contribution < -0.4 is 0 Å². The number of aliphatic imine (C=N–C) groups is 1. The highest BCUT2D eigenvalue weighted by molar-refractivity contribution is 6.11. The van der Waals surface area contributed by atoms with Crippen molar-refractivity contribution in [1.82, 2.24) is 4.90 Å². The van der Waals surface area contributed by atoms with Crippen molar-refractivity contribution in [3.8, 4) is 0 Å². The molecule has 7 heteroatoms. The number of carbonyl (C=O) groups is 2. The van der Waals surface area contributed by atoms with Crippen LogP contribution in [0.3, 0.4) is 0 Å². The third kappa shape index (κ3) is 5.82. The van der Waals surface area contributed by atoms with Crippen molar-refractivity contribution >= 4 is 17.5 Å². The highest BCUT2D eigenvalue weighted by Gasteiger charge is 2.48. The van der Waals surface area contributed by atoms with E-state index < -0.39 is 0 Å². The van der Waals surface area contributed by atoms with Gasteiger partial charge in [-0.25, -0.2) is 4.79 Å². The van der Waals surface area contributed by atoms with Gasteiger partial charge < -0.3 is 14.2 Å². The van der Waals surface area contributed by atoms with E-state index in [0.29, 0.717) is 30.9 Å². The summed E-state index contributed by atoms with van der Waals surface area (Å²) in [5.41, 5.74) is 1.96. The van der Waals surface area contributed by atoms with Gasteiger partial charge in [0.2, 0.25) is 0 Å². The molecule has 2 heterocycles. The zero-order valence-electron chi connectivity index (χ0n) is 19.7. The van der Waals surface area contributed by atoms with Crippen LogP contribution in [0.5, 0.6) is 0 Å². The summed E-state index contributed by atoms with van der Waals surface area (Å²) in [7, 11) is 0. The van der Waals surface area contributed by atoms with E-state index in [1.165, 1.54) is 0 Å². The largest absolute Gasteiger partial charge is 0.463 e. The molecule has 0 bridgehead atoms. The molecule has 0 spiro atoms. The smallest absolute Gasteiger partial charge is 0.336 e. The Morgan fingerprint density at radius 2 is 1.97 bits per heavy atom. The number of esters is 1. The van der Waals surface area contributed by atoms with E-state index in [0.717, 1.165) is 45.0 Å². The van der Waals surface area contributed by atoms with Gasteiger partial charge in [0.1, 0.15) is 5.78 Å². The van der Waals surface area contributed by atoms with Crippen molar-refractivity contribution < 1.29 is 23.8 Å². The maximum atomic E-state index is 13.1. The molecule has 0 radical (unpaired) electrons. The van der Waals surface area contributed by atoms with Crippen LogP contribution in [-0.2, 0) is 23.8 Å². The number of ketones is 1. The lowest BCUT2D eigenvalue weighted by molar-refractivity contribution is -0.140. The van der Waals surface area contributed by atoms with E-state index >= 15 is 0 Å². The molecule has 31 heavy (non-hydrogen) atoms. The number of ether oxygens (including phenoxy) is 3. The molecule has 3 rings (SSSR count). The topological polar surface area (TPSA) is 77.4 Å². The normalized spacial score (nSPS) is 26.6. The molecule has 0 aromatic heterocycles. The van der Waals surface area contributed by atoms with E-state index in [9.17, 15) is 9.59 Å². The molecule has 1 aliphatic carbocycles. The van der Waals surface area contributed by atoms with Gasteiger partial charge in [-0.3, -0.25) is 14.7 Å². The Morgan fingerprint density at radius 3 is 2.61 bits per heavy atom. The summed E-state index contributed by atoms with van der Waals surface area (Å²) in [6, 6.07) is 0. The summed E-state index contributed by atoms with van der Waals surface area (Å²) in [5.74, 6) is -0.614. The quantitative estimate of drug-likeness (QED) is 0.432. The van der Waals surface area contributed by atoms with Gasteiger partial charge in [0, 0.05) is 37.7 Å². The third-order valence-corrected chi connectivity index (χ3v) is 6.41.